The Labute approximate surface area is 232 Å². The molecule has 1 fully saturated rings. The number of β-lactam (4-membered cyclic amide) rings is 1. The minimum Gasteiger partial charge on any atom is -0.478 e. The Balaban J connectivity index is 1.54. The van der Waals surface area contributed by atoms with Crippen molar-refractivity contribution in [2.45, 2.75) is 27.1 Å². The number of carboxylic acid groups (broad SMARTS) is 2. The number of aliphatic carboxylic acids is 1. The highest BCUT2D eigenvalue weighted by atomic mass is 35.6. The van der Waals surface area contributed by atoms with E-state index in [1.807, 2.05) is 0 Å². The maximum absolute atomic E-state index is 13.0. The highest BCUT2D eigenvalue weighted by Gasteiger charge is 2.53. The third-order valence-electron chi connectivity index (χ3n) is 5.19. The summed E-state index contributed by atoms with van der Waals surface area (Å²) in [6.45, 7) is -0.291. The van der Waals surface area contributed by atoms with Gasteiger partial charge >= 0.3 is 11.9 Å². The van der Waals surface area contributed by atoms with Crippen molar-refractivity contribution in [3.63, 3.8) is 0 Å². The zero-order valence-corrected chi connectivity index (χ0v) is 22.7. The van der Waals surface area contributed by atoms with Gasteiger partial charge in [0.2, 0.25) is 8.95 Å². The maximum atomic E-state index is 13.0. The lowest BCUT2D eigenvalue weighted by atomic mass is 10.0. The van der Waals surface area contributed by atoms with Crippen LogP contribution in [0.25, 0.3) is 0 Å². The monoisotopic (exact) mass is 609 g/mol. The van der Waals surface area contributed by atoms with Crippen molar-refractivity contribution in [1.82, 2.24) is 29.7 Å². The van der Waals surface area contributed by atoms with E-state index in [-0.39, 0.29) is 35.7 Å². The molecule has 2 aromatic rings. The zero-order chi connectivity index (χ0) is 26.9. The number of hydrogen-bond donors (Lipinski definition) is 2. The molecule has 0 radical (unpaired) electrons. The van der Waals surface area contributed by atoms with Crippen molar-refractivity contribution in [3.8, 4) is 0 Å². The zero-order valence-electron chi connectivity index (χ0n) is 18.8. The van der Waals surface area contributed by atoms with Crippen LogP contribution in [-0.4, -0.2) is 91.1 Å². The lowest BCUT2D eigenvalue weighted by molar-refractivity contribution is -0.147. The van der Waals surface area contributed by atoms with Crippen LogP contribution in [0.1, 0.15) is 10.4 Å². The van der Waals surface area contributed by atoms with Crippen LogP contribution in [0.2, 0.25) is 0 Å². The van der Waals surface area contributed by atoms with Gasteiger partial charge in [-0.15, -0.1) is 16.9 Å². The van der Waals surface area contributed by atoms with Crippen LogP contribution >= 0.6 is 58.3 Å². The van der Waals surface area contributed by atoms with Crippen molar-refractivity contribution in [2.75, 3.05) is 18.1 Å². The molecule has 4 rings (SSSR count). The summed E-state index contributed by atoms with van der Waals surface area (Å²) in [6, 6.07) is 0.488. The number of thioether (sulfide) groups is 2. The van der Waals surface area contributed by atoms with Crippen LogP contribution < -0.4 is 5.36 Å². The Morgan fingerprint density at radius 3 is 2.70 bits per heavy atom. The standard InChI is InChI=1S/C19H18Cl3N7O6S2/c1-27-18(24-25-26-27)37-6-9-5-36-15-12(14(30)29(15)13(9)17(33)34)23-11-2-3-28(4-10(11)16(31)32)8-35-7-19(20,21)22/h2-4,12,15H,5-8H2,1H3,(H,31,32)(H,33,34)/t12-,15-/m1/s1. The topological polar surface area (TPSA) is 165 Å². The molecule has 1 amide bonds. The fourth-order valence-electron chi connectivity index (χ4n) is 3.56. The Kier molecular flexibility index (Phi) is 8.40. The van der Waals surface area contributed by atoms with Crippen molar-refractivity contribution in [1.29, 1.82) is 0 Å². The molecule has 2 atom stereocenters. The second-order valence-corrected chi connectivity index (χ2v) is 12.3. The minimum absolute atomic E-state index is 0.0701. The number of aryl methyl sites for hydroxylation is 1. The van der Waals surface area contributed by atoms with Gasteiger partial charge in [0, 0.05) is 30.9 Å². The first-order valence-electron chi connectivity index (χ1n) is 10.3. The third-order valence-corrected chi connectivity index (χ3v) is 7.94. The number of nitrogens with zero attached hydrogens (tertiary/aromatic N) is 7. The van der Waals surface area contributed by atoms with Gasteiger partial charge in [0.15, 0.2) is 6.04 Å². The lowest BCUT2D eigenvalue weighted by Gasteiger charge is -2.47. The summed E-state index contributed by atoms with van der Waals surface area (Å²) >= 11 is 19.5. The van der Waals surface area contributed by atoms with E-state index in [0.29, 0.717) is 16.5 Å². The maximum Gasteiger partial charge on any atom is 0.352 e. The second-order valence-electron chi connectivity index (χ2n) is 7.77. The number of carbonyl (C=O) groups excluding carboxylic acids is 1. The molecule has 4 heterocycles. The number of pyridine rings is 1. The molecular formula is C19H18Cl3N7O6S2. The number of carbonyl (C=O) groups is 3. The largest absolute Gasteiger partial charge is 0.478 e. The average Bonchev–Trinajstić information content (AvgIpc) is 3.24. The molecule has 2 aromatic heterocycles. The smallest absolute Gasteiger partial charge is 0.352 e. The number of amides is 1. The summed E-state index contributed by atoms with van der Waals surface area (Å²) in [7, 11) is 1.67. The van der Waals surface area contributed by atoms with Gasteiger partial charge in [-0.1, -0.05) is 46.6 Å². The highest BCUT2D eigenvalue weighted by Crippen LogP contribution is 2.42. The molecule has 2 N–H and O–H groups in total. The fraction of sp³-hybridized carbons (Fsp3) is 0.421. The first-order chi connectivity index (χ1) is 17.5. The number of tetrazole rings is 1. The molecule has 2 aliphatic rings. The number of hydrogen-bond acceptors (Lipinski definition) is 10. The van der Waals surface area contributed by atoms with Crippen molar-refractivity contribution >= 4 is 76.2 Å². The molecule has 37 heavy (non-hydrogen) atoms. The second kappa shape index (κ2) is 11.2. The Hall–Kier alpha value is -2.30. The number of fused-ring (bicyclic) bond motifs is 1. The van der Waals surface area contributed by atoms with Crippen LogP contribution in [-0.2, 0) is 28.1 Å². The highest BCUT2D eigenvalue weighted by molar-refractivity contribution is 8.01. The first kappa shape index (κ1) is 27.7. The Morgan fingerprint density at radius 2 is 2.08 bits per heavy atom. The number of halogens is 3. The van der Waals surface area contributed by atoms with E-state index in [0.717, 1.165) is 0 Å². The van der Waals surface area contributed by atoms with E-state index in [2.05, 4.69) is 20.5 Å². The molecule has 2 aliphatic heterocycles. The number of rotatable bonds is 9. The predicted octanol–water partition coefficient (Wildman–Crippen LogP) is 1.37. The van der Waals surface area contributed by atoms with E-state index in [9.17, 15) is 24.6 Å². The molecular weight excluding hydrogens is 593 g/mol. The van der Waals surface area contributed by atoms with Crippen LogP contribution in [0.4, 0.5) is 0 Å². The van der Waals surface area contributed by atoms with Gasteiger partial charge in [0.1, 0.15) is 23.4 Å². The van der Waals surface area contributed by atoms with Crippen molar-refractivity contribution in [2.24, 2.45) is 12.0 Å². The van der Waals surface area contributed by atoms with Crippen LogP contribution in [0, 0.1) is 0 Å². The SMILES string of the molecule is Cn1nnnc1SCC1=C(C(=O)O)N2C(=O)[C@@H](N=c3ccn(COCC(Cl)(Cl)Cl)cc3C(=O)O)[C@H]2SC1. The predicted molar refractivity (Wildman–Crippen MR) is 134 cm³/mol. The quantitative estimate of drug-likeness (QED) is 0.239. The van der Waals surface area contributed by atoms with Crippen LogP contribution in [0.5, 0.6) is 0 Å². The Morgan fingerprint density at radius 1 is 1.32 bits per heavy atom. The Bertz CT molecular complexity index is 1340. The van der Waals surface area contributed by atoms with Gasteiger partial charge in [0.05, 0.1) is 12.0 Å². The number of alkyl halides is 3. The summed E-state index contributed by atoms with van der Waals surface area (Å²) in [5.74, 6) is -2.40. The molecule has 18 heteroatoms. The van der Waals surface area contributed by atoms with E-state index in [4.69, 9.17) is 39.5 Å². The fourth-order valence-corrected chi connectivity index (χ4v) is 6.11. The van der Waals surface area contributed by atoms with Gasteiger partial charge in [-0.05, 0) is 22.1 Å². The number of carboxylic acids is 2. The first-order valence-corrected chi connectivity index (χ1v) is 13.5. The van der Waals surface area contributed by atoms with E-state index in [1.54, 1.807) is 7.05 Å². The van der Waals surface area contributed by atoms with Crippen LogP contribution in [0.3, 0.4) is 0 Å². The molecule has 0 aliphatic carbocycles. The van der Waals surface area contributed by atoms with Crippen molar-refractivity contribution < 1.29 is 29.3 Å². The minimum atomic E-state index is -1.62. The van der Waals surface area contributed by atoms with E-state index in [1.165, 1.54) is 56.1 Å². The number of aromatic nitrogens is 5. The molecule has 1 saturated heterocycles. The van der Waals surface area contributed by atoms with Crippen LogP contribution in [0.15, 0.2) is 39.9 Å². The third kappa shape index (κ3) is 6.23. The summed E-state index contributed by atoms with van der Waals surface area (Å²) in [5, 5.41) is 30.7. The molecule has 0 aromatic carbocycles. The van der Waals surface area contributed by atoms with Gasteiger partial charge in [-0.2, -0.15) is 0 Å². The molecule has 0 unspecified atom stereocenters. The van der Waals surface area contributed by atoms with Gasteiger partial charge in [-0.3, -0.25) is 14.7 Å². The molecule has 0 spiro atoms. The van der Waals surface area contributed by atoms with Gasteiger partial charge < -0.3 is 19.5 Å². The molecule has 0 bridgehead atoms. The summed E-state index contributed by atoms with van der Waals surface area (Å²) in [4.78, 5) is 42.5. The summed E-state index contributed by atoms with van der Waals surface area (Å²) in [6.07, 6.45) is 2.80. The van der Waals surface area contributed by atoms with E-state index >= 15 is 0 Å². The number of aromatic carboxylic acids is 1. The normalized spacial score (nSPS) is 20.2. The average molecular weight is 611 g/mol. The lowest BCUT2D eigenvalue weighted by Crippen LogP contribution is -2.64. The molecule has 198 valence electrons. The van der Waals surface area contributed by atoms with Crippen molar-refractivity contribution in [3.05, 3.63) is 40.7 Å². The van der Waals surface area contributed by atoms with Gasteiger partial charge in [-0.25, -0.2) is 14.3 Å². The van der Waals surface area contributed by atoms with E-state index < -0.39 is 33.1 Å². The summed E-state index contributed by atoms with van der Waals surface area (Å²) in [5.41, 5.74) is 0.282. The molecule has 13 nitrogen and oxygen atoms in total. The van der Waals surface area contributed by atoms with Gasteiger partial charge in [0.25, 0.3) is 5.91 Å². The summed E-state index contributed by atoms with van der Waals surface area (Å²) < 4.78 is 6.53. The molecule has 0 saturated carbocycles. The number of ether oxygens (including phenoxy) is 1.